The number of nitrogens with zero attached hydrogens (tertiary/aromatic N) is 1. The molecule has 1 saturated carbocycles. The van der Waals surface area contributed by atoms with Crippen molar-refractivity contribution in [2.75, 3.05) is 6.61 Å². The van der Waals surface area contributed by atoms with Gasteiger partial charge < -0.3 is 20.0 Å². The van der Waals surface area contributed by atoms with Crippen LogP contribution in [0.4, 0.5) is 0 Å². The third-order valence-corrected chi connectivity index (χ3v) is 3.65. The molecule has 1 aliphatic carbocycles. The first-order valence-corrected chi connectivity index (χ1v) is 8.10. The molecular formula is C16H26N2O6. The molecule has 8 nitrogen and oxygen atoms in total. The highest BCUT2D eigenvalue weighted by molar-refractivity contribution is 6.38. The van der Waals surface area contributed by atoms with Crippen molar-refractivity contribution in [2.45, 2.75) is 59.0 Å². The third-order valence-electron chi connectivity index (χ3n) is 3.65. The van der Waals surface area contributed by atoms with Crippen LogP contribution in [0.25, 0.3) is 0 Å². The Morgan fingerprint density at radius 2 is 1.67 bits per heavy atom. The van der Waals surface area contributed by atoms with Crippen LogP contribution in [0.2, 0.25) is 0 Å². The van der Waals surface area contributed by atoms with Crippen LogP contribution in [-0.2, 0) is 23.9 Å². The SMILES string of the molecule is CCOC(=O)C(=NO)NC(=O)C1CCC(C(=O)OC(C)(C)C)CC1. The number of oxime groups is 1. The second-order valence-electron chi connectivity index (χ2n) is 6.74. The lowest BCUT2D eigenvalue weighted by Crippen LogP contribution is -2.42. The van der Waals surface area contributed by atoms with Crippen molar-refractivity contribution in [1.82, 2.24) is 5.32 Å². The molecule has 2 N–H and O–H groups in total. The third kappa shape index (κ3) is 6.17. The van der Waals surface area contributed by atoms with E-state index in [1.54, 1.807) is 6.92 Å². The van der Waals surface area contributed by atoms with E-state index in [1.807, 2.05) is 20.8 Å². The van der Waals surface area contributed by atoms with Gasteiger partial charge in [0.25, 0.3) is 5.84 Å². The van der Waals surface area contributed by atoms with Crippen LogP contribution in [0.3, 0.4) is 0 Å². The number of amidine groups is 1. The summed E-state index contributed by atoms with van der Waals surface area (Å²) in [5.74, 6) is -2.66. The van der Waals surface area contributed by atoms with Crippen LogP contribution in [-0.4, -0.2) is 41.1 Å². The van der Waals surface area contributed by atoms with E-state index in [-0.39, 0.29) is 24.4 Å². The Labute approximate surface area is 141 Å². The molecule has 1 rings (SSSR count). The van der Waals surface area contributed by atoms with Gasteiger partial charge in [-0.2, -0.15) is 0 Å². The fraction of sp³-hybridized carbons (Fsp3) is 0.750. The number of amides is 1. The van der Waals surface area contributed by atoms with E-state index in [2.05, 4.69) is 15.2 Å². The average molecular weight is 342 g/mol. The number of nitrogens with one attached hydrogen (secondary N) is 1. The summed E-state index contributed by atoms with van der Waals surface area (Å²) in [6.45, 7) is 7.15. The van der Waals surface area contributed by atoms with Crippen LogP contribution in [0.15, 0.2) is 5.16 Å². The molecule has 0 atom stereocenters. The summed E-state index contributed by atoms with van der Waals surface area (Å²) >= 11 is 0. The molecule has 8 heteroatoms. The number of carbonyl (C=O) groups excluding carboxylic acids is 3. The Kier molecular flexibility index (Phi) is 7.18. The summed E-state index contributed by atoms with van der Waals surface area (Å²) in [5.41, 5.74) is -0.530. The molecule has 1 aliphatic rings. The maximum Gasteiger partial charge on any atom is 0.377 e. The minimum Gasteiger partial charge on any atom is -0.460 e. The maximum atomic E-state index is 12.2. The van der Waals surface area contributed by atoms with Crippen molar-refractivity contribution >= 4 is 23.7 Å². The summed E-state index contributed by atoms with van der Waals surface area (Å²) in [5, 5.41) is 13.8. The van der Waals surface area contributed by atoms with E-state index in [1.165, 1.54) is 0 Å². The molecule has 0 aromatic heterocycles. The molecule has 0 aliphatic heterocycles. The standard InChI is InChI=1S/C16H26N2O6/c1-5-23-15(21)12(18-22)17-13(19)10-6-8-11(9-7-10)14(20)24-16(2,3)4/h10-11,22H,5-9H2,1-4H3,(H,17,18,19). The number of ether oxygens (including phenoxy) is 2. The van der Waals surface area contributed by atoms with Gasteiger partial charge in [0.2, 0.25) is 5.91 Å². The summed E-state index contributed by atoms with van der Waals surface area (Å²) in [7, 11) is 0. The normalized spacial score (nSPS) is 21.8. The van der Waals surface area contributed by atoms with Crippen LogP contribution in [0.1, 0.15) is 53.4 Å². The highest BCUT2D eigenvalue weighted by Crippen LogP contribution is 2.30. The van der Waals surface area contributed by atoms with Gasteiger partial charge in [0.05, 0.1) is 12.5 Å². The highest BCUT2D eigenvalue weighted by atomic mass is 16.6. The Bertz CT molecular complexity index is 501. The lowest BCUT2D eigenvalue weighted by molar-refractivity contribution is -0.161. The van der Waals surface area contributed by atoms with Crippen molar-refractivity contribution in [2.24, 2.45) is 17.0 Å². The lowest BCUT2D eigenvalue weighted by atomic mass is 9.81. The zero-order valence-corrected chi connectivity index (χ0v) is 14.6. The predicted molar refractivity (Wildman–Crippen MR) is 85.3 cm³/mol. The largest absolute Gasteiger partial charge is 0.460 e. The maximum absolute atomic E-state index is 12.2. The topological polar surface area (TPSA) is 114 Å². The number of esters is 2. The van der Waals surface area contributed by atoms with Crippen molar-refractivity contribution in [3.8, 4) is 0 Å². The number of hydrogen-bond donors (Lipinski definition) is 2. The van der Waals surface area contributed by atoms with Gasteiger partial charge in [-0.1, -0.05) is 5.16 Å². The Morgan fingerprint density at radius 3 is 2.12 bits per heavy atom. The van der Waals surface area contributed by atoms with Crippen LogP contribution >= 0.6 is 0 Å². The Morgan fingerprint density at radius 1 is 1.12 bits per heavy atom. The minimum atomic E-state index is -0.893. The fourth-order valence-electron chi connectivity index (χ4n) is 2.51. The van der Waals surface area contributed by atoms with Crippen molar-refractivity contribution in [1.29, 1.82) is 0 Å². The first-order valence-electron chi connectivity index (χ1n) is 8.10. The predicted octanol–water partition coefficient (Wildman–Crippen LogP) is 1.60. The summed E-state index contributed by atoms with van der Waals surface area (Å²) in [6.07, 6.45) is 2.07. The average Bonchev–Trinajstić information content (AvgIpc) is 2.51. The van der Waals surface area contributed by atoms with E-state index in [0.717, 1.165) is 0 Å². The molecule has 0 aromatic rings. The van der Waals surface area contributed by atoms with Crippen LogP contribution in [0, 0.1) is 11.8 Å². The van der Waals surface area contributed by atoms with Gasteiger partial charge >= 0.3 is 11.9 Å². The molecule has 1 fully saturated rings. The van der Waals surface area contributed by atoms with E-state index in [4.69, 9.17) is 9.94 Å². The van der Waals surface area contributed by atoms with Gasteiger partial charge in [0.15, 0.2) is 0 Å². The molecule has 0 bridgehead atoms. The monoisotopic (exact) mass is 342 g/mol. The van der Waals surface area contributed by atoms with Crippen molar-refractivity contribution in [3.63, 3.8) is 0 Å². The van der Waals surface area contributed by atoms with Crippen molar-refractivity contribution < 1.29 is 29.1 Å². The van der Waals surface area contributed by atoms with Gasteiger partial charge in [-0.3, -0.25) is 9.59 Å². The molecule has 0 unspecified atom stereocenters. The molecule has 24 heavy (non-hydrogen) atoms. The van der Waals surface area contributed by atoms with Gasteiger partial charge in [-0.25, -0.2) is 4.79 Å². The Hall–Kier alpha value is -2.12. The van der Waals surface area contributed by atoms with Crippen molar-refractivity contribution in [3.05, 3.63) is 0 Å². The Balaban J connectivity index is 2.51. The van der Waals surface area contributed by atoms with E-state index in [0.29, 0.717) is 25.7 Å². The summed E-state index contributed by atoms with van der Waals surface area (Å²) in [6, 6.07) is 0. The van der Waals surface area contributed by atoms with E-state index in [9.17, 15) is 14.4 Å². The van der Waals surface area contributed by atoms with Gasteiger partial charge in [0.1, 0.15) is 5.60 Å². The second-order valence-corrected chi connectivity index (χ2v) is 6.74. The zero-order chi connectivity index (χ0) is 18.3. The number of hydrogen-bond acceptors (Lipinski definition) is 7. The van der Waals surface area contributed by atoms with Gasteiger partial charge in [-0.15, -0.1) is 0 Å². The quantitative estimate of drug-likeness (QED) is 0.265. The summed E-state index contributed by atoms with van der Waals surface area (Å²) < 4.78 is 10.0. The van der Waals surface area contributed by atoms with Gasteiger partial charge in [-0.05, 0) is 53.4 Å². The summed E-state index contributed by atoms with van der Waals surface area (Å²) in [4.78, 5) is 35.7. The molecular weight excluding hydrogens is 316 g/mol. The minimum absolute atomic E-state index is 0.106. The molecule has 136 valence electrons. The second kappa shape index (κ2) is 8.65. The van der Waals surface area contributed by atoms with Crippen LogP contribution < -0.4 is 5.32 Å². The van der Waals surface area contributed by atoms with Crippen LogP contribution in [0.5, 0.6) is 0 Å². The fourth-order valence-corrected chi connectivity index (χ4v) is 2.51. The first kappa shape index (κ1) is 19.9. The highest BCUT2D eigenvalue weighted by Gasteiger charge is 2.33. The van der Waals surface area contributed by atoms with E-state index < -0.39 is 23.3 Å². The molecule has 1 amide bonds. The lowest BCUT2D eigenvalue weighted by Gasteiger charge is -2.29. The van der Waals surface area contributed by atoms with E-state index >= 15 is 0 Å². The molecule has 0 aromatic carbocycles. The van der Waals surface area contributed by atoms with Gasteiger partial charge in [0, 0.05) is 5.92 Å². The molecule has 0 saturated heterocycles. The molecule has 0 heterocycles. The number of carbonyl (C=O) groups is 3. The zero-order valence-electron chi connectivity index (χ0n) is 14.6. The number of rotatable bonds is 3. The molecule has 0 spiro atoms. The molecule has 0 radical (unpaired) electrons. The first-order chi connectivity index (χ1) is 11.2. The smallest absolute Gasteiger partial charge is 0.377 e.